The number of rotatable bonds is 2. The number of hydrogen-bond acceptors (Lipinski definition) is 3. The first-order valence-corrected chi connectivity index (χ1v) is 6.28. The predicted octanol–water partition coefficient (Wildman–Crippen LogP) is 2.47. The normalized spacial score (nSPS) is 11.1. The standard InChI is InChI=1S/C15H16N4/c1-10-3-4-14(11(2)5-10)12-7-17-15-18-13(6-16)9-19(15)8-12/h3-5,7-9H,6,16H2,1-2H3. The molecular formula is C15H16N4. The van der Waals surface area contributed by atoms with E-state index in [0.29, 0.717) is 12.3 Å². The summed E-state index contributed by atoms with van der Waals surface area (Å²) in [5.41, 5.74) is 11.3. The molecule has 0 aliphatic carbocycles. The van der Waals surface area contributed by atoms with Gasteiger partial charge in [-0.25, -0.2) is 9.97 Å². The molecule has 19 heavy (non-hydrogen) atoms. The van der Waals surface area contributed by atoms with Gasteiger partial charge in [0, 0.05) is 30.7 Å². The highest BCUT2D eigenvalue weighted by molar-refractivity contribution is 5.66. The highest BCUT2D eigenvalue weighted by Crippen LogP contribution is 2.23. The molecule has 0 aliphatic rings. The van der Waals surface area contributed by atoms with Gasteiger partial charge in [0.25, 0.3) is 0 Å². The summed E-state index contributed by atoms with van der Waals surface area (Å²) in [6, 6.07) is 6.43. The van der Waals surface area contributed by atoms with Gasteiger partial charge in [0.15, 0.2) is 0 Å². The molecule has 3 rings (SSSR count). The molecule has 0 spiro atoms. The SMILES string of the molecule is Cc1ccc(-c2cnc3nc(CN)cn3c2)c(C)c1. The molecule has 0 unspecified atom stereocenters. The van der Waals surface area contributed by atoms with Crippen LogP contribution in [-0.2, 0) is 6.54 Å². The second-order valence-electron chi connectivity index (χ2n) is 4.80. The molecule has 2 aromatic heterocycles. The van der Waals surface area contributed by atoms with Crippen molar-refractivity contribution in [1.82, 2.24) is 14.4 Å². The monoisotopic (exact) mass is 252 g/mol. The minimum absolute atomic E-state index is 0.433. The summed E-state index contributed by atoms with van der Waals surface area (Å²) in [6.07, 6.45) is 5.84. The summed E-state index contributed by atoms with van der Waals surface area (Å²) in [5.74, 6) is 0.689. The van der Waals surface area contributed by atoms with E-state index in [9.17, 15) is 0 Å². The number of benzene rings is 1. The van der Waals surface area contributed by atoms with Gasteiger partial charge in [-0.15, -0.1) is 0 Å². The Bertz CT molecular complexity index is 743. The van der Waals surface area contributed by atoms with Crippen molar-refractivity contribution in [2.75, 3.05) is 0 Å². The first-order valence-electron chi connectivity index (χ1n) is 6.28. The Labute approximate surface area is 111 Å². The van der Waals surface area contributed by atoms with E-state index < -0.39 is 0 Å². The molecule has 3 aromatic rings. The molecule has 4 nitrogen and oxygen atoms in total. The largest absolute Gasteiger partial charge is 0.325 e. The van der Waals surface area contributed by atoms with Crippen molar-refractivity contribution >= 4 is 5.78 Å². The van der Waals surface area contributed by atoms with Crippen LogP contribution in [0.3, 0.4) is 0 Å². The zero-order valence-electron chi connectivity index (χ0n) is 11.1. The minimum atomic E-state index is 0.433. The first kappa shape index (κ1) is 11.9. The van der Waals surface area contributed by atoms with E-state index in [1.54, 1.807) is 0 Å². The fourth-order valence-electron chi connectivity index (χ4n) is 2.31. The average Bonchev–Trinajstić information content (AvgIpc) is 2.80. The second-order valence-corrected chi connectivity index (χ2v) is 4.80. The van der Waals surface area contributed by atoms with Gasteiger partial charge in [-0.2, -0.15) is 0 Å². The van der Waals surface area contributed by atoms with Crippen molar-refractivity contribution in [1.29, 1.82) is 0 Å². The number of fused-ring (bicyclic) bond motifs is 1. The second kappa shape index (κ2) is 4.48. The maximum atomic E-state index is 5.60. The van der Waals surface area contributed by atoms with Gasteiger partial charge in [-0.1, -0.05) is 23.8 Å². The van der Waals surface area contributed by atoms with Crippen molar-refractivity contribution in [3.05, 3.63) is 53.6 Å². The Morgan fingerprint density at radius 2 is 2.05 bits per heavy atom. The quantitative estimate of drug-likeness (QED) is 0.762. The van der Waals surface area contributed by atoms with Crippen molar-refractivity contribution in [3.8, 4) is 11.1 Å². The molecule has 0 atom stereocenters. The van der Waals surface area contributed by atoms with Crippen LogP contribution >= 0.6 is 0 Å². The molecule has 0 fully saturated rings. The van der Waals surface area contributed by atoms with Crippen LogP contribution in [0.5, 0.6) is 0 Å². The molecule has 2 heterocycles. The molecule has 0 aliphatic heterocycles. The van der Waals surface area contributed by atoms with E-state index in [2.05, 4.69) is 42.0 Å². The minimum Gasteiger partial charge on any atom is -0.325 e. The van der Waals surface area contributed by atoms with Crippen molar-refractivity contribution in [3.63, 3.8) is 0 Å². The van der Waals surface area contributed by atoms with Gasteiger partial charge in [-0.05, 0) is 25.0 Å². The third-order valence-electron chi connectivity index (χ3n) is 3.26. The fourth-order valence-corrected chi connectivity index (χ4v) is 2.31. The lowest BCUT2D eigenvalue weighted by molar-refractivity contribution is 1.01. The number of aryl methyl sites for hydroxylation is 2. The Balaban J connectivity index is 2.14. The van der Waals surface area contributed by atoms with Crippen LogP contribution in [0.2, 0.25) is 0 Å². The highest BCUT2D eigenvalue weighted by Gasteiger charge is 2.06. The van der Waals surface area contributed by atoms with Gasteiger partial charge in [0.1, 0.15) is 0 Å². The maximum Gasteiger partial charge on any atom is 0.233 e. The summed E-state index contributed by atoms with van der Waals surface area (Å²) in [5, 5.41) is 0. The van der Waals surface area contributed by atoms with E-state index >= 15 is 0 Å². The van der Waals surface area contributed by atoms with E-state index in [1.165, 1.54) is 16.7 Å². The molecule has 4 heteroatoms. The lowest BCUT2D eigenvalue weighted by Crippen LogP contribution is -1.95. The zero-order chi connectivity index (χ0) is 13.4. The highest BCUT2D eigenvalue weighted by atomic mass is 15.1. The van der Waals surface area contributed by atoms with Crippen LogP contribution in [0.1, 0.15) is 16.8 Å². The molecule has 0 saturated heterocycles. The van der Waals surface area contributed by atoms with E-state index in [-0.39, 0.29) is 0 Å². The van der Waals surface area contributed by atoms with E-state index in [0.717, 1.165) is 11.3 Å². The van der Waals surface area contributed by atoms with Crippen molar-refractivity contribution in [2.45, 2.75) is 20.4 Å². The molecule has 0 radical (unpaired) electrons. The summed E-state index contributed by atoms with van der Waals surface area (Å²) < 4.78 is 1.93. The molecule has 2 N–H and O–H groups in total. The number of nitrogens with two attached hydrogens (primary N) is 1. The summed E-state index contributed by atoms with van der Waals surface area (Å²) >= 11 is 0. The Morgan fingerprint density at radius 1 is 1.21 bits per heavy atom. The number of hydrogen-bond donors (Lipinski definition) is 1. The van der Waals surface area contributed by atoms with Gasteiger partial charge in [0.2, 0.25) is 5.78 Å². The smallest absolute Gasteiger partial charge is 0.233 e. The van der Waals surface area contributed by atoms with Crippen LogP contribution in [0, 0.1) is 13.8 Å². The Hall–Kier alpha value is -2.20. The van der Waals surface area contributed by atoms with E-state index in [4.69, 9.17) is 5.73 Å². The summed E-state index contributed by atoms with van der Waals surface area (Å²) in [6.45, 7) is 4.65. The predicted molar refractivity (Wildman–Crippen MR) is 75.8 cm³/mol. The van der Waals surface area contributed by atoms with Crippen LogP contribution in [0.4, 0.5) is 0 Å². The van der Waals surface area contributed by atoms with Crippen molar-refractivity contribution in [2.24, 2.45) is 5.73 Å². The molecule has 0 saturated carbocycles. The zero-order valence-corrected chi connectivity index (χ0v) is 11.1. The Morgan fingerprint density at radius 3 is 2.79 bits per heavy atom. The number of aromatic nitrogens is 3. The van der Waals surface area contributed by atoms with Crippen molar-refractivity contribution < 1.29 is 0 Å². The third kappa shape index (κ3) is 2.11. The van der Waals surface area contributed by atoms with Crippen LogP contribution < -0.4 is 5.73 Å². The topological polar surface area (TPSA) is 56.2 Å². The van der Waals surface area contributed by atoms with Gasteiger partial charge < -0.3 is 5.73 Å². The van der Waals surface area contributed by atoms with Crippen LogP contribution in [-0.4, -0.2) is 14.4 Å². The lowest BCUT2D eigenvalue weighted by Gasteiger charge is -2.07. The van der Waals surface area contributed by atoms with E-state index in [1.807, 2.05) is 23.0 Å². The van der Waals surface area contributed by atoms with Gasteiger partial charge >= 0.3 is 0 Å². The molecular weight excluding hydrogens is 236 g/mol. The molecule has 1 aromatic carbocycles. The maximum absolute atomic E-state index is 5.60. The molecule has 0 amide bonds. The molecule has 96 valence electrons. The summed E-state index contributed by atoms with van der Waals surface area (Å²) in [4.78, 5) is 8.72. The third-order valence-corrected chi connectivity index (χ3v) is 3.26. The van der Waals surface area contributed by atoms with Crippen LogP contribution in [0.25, 0.3) is 16.9 Å². The molecule has 0 bridgehead atoms. The average molecular weight is 252 g/mol. The van der Waals surface area contributed by atoms with Crippen LogP contribution in [0.15, 0.2) is 36.8 Å². The Kier molecular flexibility index (Phi) is 2.80. The number of imidazole rings is 1. The summed E-state index contributed by atoms with van der Waals surface area (Å²) in [7, 11) is 0. The van der Waals surface area contributed by atoms with Gasteiger partial charge in [0.05, 0.1) is 5.69 Å². The first-order chi connectivity index (χ1) is 9.17. The lowest BCUT2D eigenvalue weighted by atomic mass is 10.0. The fraction of sp³-hybridized carbons (Fsp3) is 0.200. The van der Waals surface area contributed by atoms with Gasteiger partial charge in [-0.3, -0.25) is 4.40 Å². The number of nitrogens with zero attached hydrogens (tertiary/aromatic N) is 3.